The Bertz CT molecular complexity index is 342. The van der Waals surface area contributed by atoms with E-state index < -0.39 is 0 Å². The maximum absolute atomic E-state index is 12.6. The molecule has 19 heavy (non-hydrogen) atoms. The molecule has 0 amide bonds. The van der Waals surface area contributed by atoms with Crippen molar-refractivity contribution < 1.29 is 9.53 Å². The van der Waals surface area contributed by atoms with Gasteiger partial charge in [-0.3, -0.25) is 9.69 Å². The van der Waals surface area contributed by atoms with E-state index in [1.807, 2.05) is 13.0 Å². The van der Waals surface area contributed by atoms with Crippen LogP contribution in [0.25, 0.3) is 0 Å². The van der Waals surface area contributed by atoms with Gasteiger partial charge in [0.15, 0.2) is 0 Å². The van der Waals surface area contributed by atoms with E-state index in [1.54, 1.807) is 0 Å². The van der Waals surface area contributed by atoms with Crippen LogP contribution in [0, 0.1) is 11.3 Å². The normalized spacial score (nSPS) is 35.5. The first-order valence-corrected chi connectivity index (χ1v) is 7.66. The van der Waals surface area contributed by atoms with Crippen LogP contribution in [-0.4, -0.2) is 36.6 Å². The molecule has 108 valence electrons. The molecule has 0 unspecified atom stereocenters. The van der Waals surface area contributed by atoms with E-state index in [0.29, 0.717) is 18.6 Å². The van der Waals surface area contributed by atoms with E-state index in [1.165, 1.54) is 6.42 Å². The highest BCUT2D eigenvalue weighted by molar-refractivity contribution is 5.78. The summed E-state index contributed by atoms with van der Waals surface area (Å²) in [6.07, 6.45) is 7.46. The van der Waals surface area contributed by atoms with Gasteiger partial charge in [-0.2, -0.15) is 0 Å². The Morgan fingerprint density at radius 1 is 1.53 bits per heavy atom. The maximum atomic E-state index is 12.6. The van der Waals surface area contributed by atoms with Gasteiger partial charge in [0.25, 0.3) is 0 Å². The predicted molar refractivity (Wildman–Crippen MR) is 76.9 cm³/mol. The predicted octanol–water partition coefficient (Wildman–Crippen LogP) is 3.01. The van der Waals surface area contributed by atoms with E-state index in [2.05, 4.69) is 18.4 Å². The van der Waals surface area contributed by atoms with Crippen LogP contribution in [0.1, 0.15) is 46.0 Å². The van der Waals surface area contributed by atoms with Crippen LogP contribution in [-0.2, 0) is 9.53 Å². The van der Waals surface area contributed by atoms with E-state index in [9.17, 15) is 4.79 Å². The SMILES string of the molecule is C=CCN1C[C@@H](C)C[C@]2(C(=O)OCC)CCCC[C@@H]12. The van der Waals surface area contributed by atoms with Gasteiger partial charge in [-0.15, -0.1) is 6.58 Å². The molecule has 0 spiro atoms. The van der Waals surface area contributed by atoms with Gasteiger partial charge in [0, 0.05) is 19.1 Å². The quantitative estimate of drug-likeness (QED) is 0.578. The van der Waals surface area contributed by atoms with Crippen molar-refractivity contribution in [1.29, 1.82) is 0 Å². The zero-order chi connectivity index (χ0) is 13.9. The molecular weight excluding hydrogens is 238 g/mol. The van der Waals surface area contributed by atoms with Gasteiger partial charge in [-0.25, -0.2) is 0 Å². The summed E-state index contributed by atoms with van der Waals surface area (Å²) in [4.78, 5) is 15.0. The van der Waals surface area contributed by atoms with Gasteiger partial charge < -0.3 is 4.74 Å². The van der Waals surface area contributed by atoms with E-state index >= 15 is 0 Å². The summed E-state index contributed by atoms with van der Waals surface area (Å²) in [5.74, 6) is 0.596. The number of fused-ring (bicyclic) bond motifs is 1. The Morgan fingerprint density at radius 2 is 2.32 bits per heavy atom. The lowest BCUT2D eigenvalue weighted by Crippen LogP contribution is -2.59. The minimum atomic E-state index is -0.255. The Balaban J connectivity index is 2.27. The van der Waals surface area contributed by atoms with Gasteiger partial charge in [-0.05, 0) is 32.1 Å². The molecule has 0 bridgehead atoms. The summed E-state index contributed by atoms with van der Waals surface area (Å²) in [5.41, 5.74) is -0.255. The molecule has 3 atom stereocenters. The van der Waals surface area contributed by atoms with Crippen LogP contribution in [0.4, 0.5) is 0 Å². The average Bonchev–Trinajstić information content (AvgIpc) is 2.39. The number of carbonyl (C=O) groups excluding carboxylic acids is 1. The fraction of sp³-hybridized carbons (Fsp3) is 0.812. The molecule has 3 heteroatoms. The maximum Gasteiger partial charge on any atom is 0.313 e. The molecule has 1 aliphatic heterocycles. The van der Waals surface area contributed by atoms with Crippen molar-refractivity contribution in [3.05, 3.63) is 12.7 Å². The van der Waals surface area contributed by atoms with Crippen LogP contribution < -0.4 is 0 Å². The smallest absolute Gasteiger partial charge is 0.313 e. The van der Waals surface area contributed by atoms with E-state index in [4.69, 9.17) is 4.74 Å². The summed E-state index contributed by atoms with van der Waals surface area (Å²) in [6.45, 7) is 10.5. The topological polar surface area (TPSA) is 29.5 Å². The fourth-order valence-corrected chi connectivity index (χ4v) is 4.17. The van der Waals surface area contributed by atoms with E-state index in [0.717, 1.165) is 38.8 Å². The second-order valence-electron chi connectivity index (χ2n) is 6.19. The van der Waals surface area contributed by atoms with Crippen molar-refractivity contribution in [2.24, 2.45) is 11.3 Å². The third-order valence-electron chi connectivity index (χ3n) is 4.73. The number of esters is 1. The first-order valence-electron chi connectivity index (χ1n) is 7.66. The number of hydrogen-bond acceptors (Lipinski definition) is 3. The Labute approximate surface area is 117 Å². The molecule has 0 aromatic carbocycles. The zero-order valence-corrected chi connectivity index (χ0v) is 12.4. The minimum absolute atomic E-state index is 0.0420. The highest BCUT2D eigenvalue weighted by Gasteiger charge is 2.53. The molecular formula is C16H27NO2. The molecule has 0 aromatic rings. The van der Waals surface area contributed by atoms with Gasteiger partial charge in [0.2, 0.25) is 0 Å². The number of hydrogen-bond donors (Lipinski definition) is 0. The number of nitrogens with zero attached hydrogens (tertiary/aromatic N) is 1. The van der Waals surface area contributed by atoms with Crippen molar-refractivity contribution in [2.45, 2.75) is 52.0 Å². The number of piperidine rings is 1. The Kier molecular flexibility index (Phi) is 4.67. The molecule has 1 aliphatic carbocycles. The van der Waals surface area contributed by atoms with Crippen molar-refractivity contribution in [3.63, 3.8) is 0 Å². The van der Waals surface area contributed by atoms with Crippen LogP contribution in [0.3, 0.4) is 0 Å². The van der Waals surface area contributed by atoms with E-state index in [-0.39, 0.29) is 11.4 Å². The summed E-state index contributed by atoms with van der Waals surface area (Å²) in [6, 6.07) is 0.356. The van der Waals surface area contributed by atoms with Crippen LogP contribution in [0.2, 0.25) is 0 Å². The third kappa shape index (κ3) is 2.71. The third-order valence-corrected chi connectivity index (χ3v) is 4.73. The van der Waals surface area contributed by atoms with Crippen molar-refractivity contribution in [3.8, 4) is 0 Å². The summed E-state index contributed by atoms with van der Waals surface area (Å²) in [7, 11) is 0. The fourth-order valence-electron chi connectivity index (χ4n) is 4.17. The summed E-state index contributed by atoms with van der Waals surface area (Å²) < 4.78 is 5.42. The van der Waals surface area contributed by atoms with Crippen molar-refractivity contribution in [2.75, 3.05) is 19.7 Å². The Morgan fingerprint density at radius 3 is 3.00 bits per heavy atom. The molecule has 2 rings (SSSR count). The van der Waals surface area contributed by atoms with Gasteiger partial charge in [0.05, 0.1) is 12.0 Å². The average molecular weight is 265 g/mol. The summed E-state index contributed by atoms with van der Waals surface area (Å²) in [5, 5.41) is 0. The highest BCUT2D eigenvalue weighted by Crippen LogP contribution is 2.48. The van der Waals surface area contributed by atoms with Gasteiger partial charge in [-0.1, -0.05) is 25.8 Å². The molecule has 1 saturated heterocycles. The lowest BCUT2D eigenvalue weighted by molar-refractivity contribution is -0.169. The molecule has 1 saturated carbocycles. The highest BCUT2D eigenvalue weighted by atomic mass is 16.5. The van der Waals surface area contributed by atoms with Gasteiger partial charge in [0.1, 0.15) is 0 Å². The molecule has 2 fully saturated rings. The van der Waals surface area contributed by atoms with Crippen LogP contribution in [0.15, 0.2) is 12.7 Å². The second kappa shape index (κ2) is 6.08. The largest absolute Gasteiger partial charge is 0.466 e. The van der Waals surface area contributed by atoms with Crippen LogP contribution in [0.5, 0.6) is 0 Å². The lowest BCUT2D eigenvalue weighted by Gasteiger charge is -2.52. The molecule has 0 radical (unpaired) electrons. The van der Waals surface area contributed by atoms with Crippen molar-refractivity contribution >= 4 is 5.97 Å². The first kappa shape index (κ1) is 14.6. The summed E-state index contributed by atoms with van der Waals surface area (Å²) >= 11 is 0. The molecule has 0 aromatic heterocycles. The molecule has 2 aliphatic rings. The number of carbonyl (C=O) groups is 1. The lowest BCUT2D eigenvalue weighted by atomic mass is 9.63. The molecule has 3 nitrogen and oxygen atoms in total. The molecule has 0 N–H and O–H groups in total. The minimum Gasteiger partial charge on any atom is -0.466 e. The first-order chi connectivity index (χ1) is 9.14. The zero-order valence-electron chi connectivity index (χ0n) is 12.4. The monoisotopic (exact) mass is 265 g/mol. The number of rotatable bonds is 4. The molecule has 1 heterocycles. The second-order valence-corrected chi connectivity index (χ2v) is 6.19. The Hall–Kier alpha value is -0.830. The van der Waals surface area contributed by atoms with Crippen LogP contribution >= 0.6 is 0 Å². The van der Waals surface area contributed by atoms with Gasteiger partial charge >= 0.3 is 5.97 Å². The van der Waals surface area contributed by atoms with Crippen molar-refractivity contribution in [1.82, 2.24) is 4.90 Å². The number of ether oxygens (including phenoxy) is 1. The standard InChI is InChI=1S/C16H27NO2/c1-4-10-17-12-13(3)11-16(15(18)19-5-2)9-7-6-8-14(16)17/h4,13-14H,1,5-12H2,2-3H3/t13-,14+,16+/m0/s1. The number of likely N-dealkylation sites (tertiary alicyclic amines) is 1.